The first-order chi connectivity index (χ1) is 6.49. The van der Waals surface area contributed by atoms with E-state index >= 15 is 0 Å². The fraction of sp³-hybridized carbons (Fsp3) is 1.00. The highest BCUT2D eigenvalue weighted by Crippen LogP contribution is 2.17. The van der Waals surface area contributed by atoms with Gasteiger partial charge in [0.1, 0.15) is 0 Å². The molecule has 4 N–H and O–H groups in total. The number of hydrogen-bond donors (Lipinski definition) is 3. The zero-order chi connectivity index (χ0) is 10.6. The fourth-order valence-electron chi connectivity index (χ4n) is 1.55. The Morgan fingerprint density at radius 1 is 1.43 bits per heavy atom. The van der Waals surface area contributed by atoms with E-state index in [-0.39, 0.29) is 18.6 Å². The summed E-state index contributed by atoms with van der Waals surface area (Å²) in [6.45, 7) is 2.04. The Hall–Kier alpha value is -0.170. The van der Waals surface area contributed by atoms with Gasteiger partial charge in [-0.2, -0.15) is 13.1 Å². The van der Waals surface area contributed by atoms with Crippen molar-refractivity contribution in [3.8, 4) is 0 Å². The van der Waals surface area contributed by atoms with Crippen molar-refractivity contribution >= 4 is 10.2 Å². The summed E-state index contributed by atoms with van der Waals surface area (Å²) >= 11 is 0. The van der Waals surface area contributed by atoms with E-state index in [1.54, 1.807) is 6.92 Å². The highest BCUT2D eigenvalue weighted by atomic mass is 32.2. The Kier molecular flexibility index (Phi) is 4.31. The summed E-state index contributed by atoms with van der Waals surface area (Å²) in [6, 6.07) is -0.0456. The molecule has 0 aliphatic heterocycles. The van der Waals surface area contributed by atoms with Crippen LogP contribution in [0.2, 0.25) is 0 Å². The van der Waals surface area contributed by atoms with E-state index < -0.39 is 10.2 Å². The minimum atomic E-state index is -3.34. The maximum atomic E-state index is 11.4. The van der Waals surface area contributed by atoms with Crippen LogP contribution in [0.15, 0.2) is 0 Å². The van der Waals surface area contributed by atoms with Gasteiger partial charge in [-0.1, -0.05) is 12.8 Å². The fourth-order valence-corrected chi connectivity index (χ4v) is 2.79. The van der Waals surface area contributed by atoms with Crippen LogP contribution in [0.25, 0.3) is 0 Å². The molecule has 0 spiro atoms. The van der Waals surface area contributed by atoms with Gasteiger partial charge < -0.3 is 5.73 Å². The third-order valence-corrected chi connectivity index (χ3v) is 3.46. The largest absolute Gasteiger partial charge is 0.327 e. The lowest BCUT2D eigenvalue weighted by Crippen LogP contribution is -2.45. The predicted octanol–water partition coefficient (Wildman–Crippen LogP) is -0.300. The number of nitrogens with one attached hydrogen (secondary N) is 2. The molecule has 6 heteroatoms. The molecule has 84 valence electrons. The van der Waals surface area contributed by atoms with Gasteiger partial charge in [0, 0.05) is 18.6 Å². The van der Waals surface area contributed by atoms with Crippen molar-refractivity contribution in [1.82, 2.24) is 9.44 Å². The van der Waals surface area contributed by atoms with Gasteiger partial charge in [0.15, 0.2) is 0 Å². The molecule has 1 unspecified atom stereocenters. The van der Waals surface area contributed by atoms with Crippen molar-refractivity contribution < 1.29 is 8.42 Å². The highest BCUT2D eigenvalue weighted by molar-refractivity contribution is 7.87. The van der Waals surface area contributed by atoms with Crippen LogP contribution in [-0.4, -0.2) is 27.0 Å². The first-order valence-electron chi connectivity index (χ1n) is 5.02. The second-order valence-corrected chi connectivity index (χ2v) is 5.46. The van der Waals surface area contributed by atoms with Crippen LogP contribution >= 0.6 is 0 Å². The summed E-state index contributed by atoms with van der Waals surface area (Å²) in [6.07, 6.45) is 4.11. The van der Waals surface area contributed by atoms with E-state index in [0.29, 0.717) is 0 Å². The predicted molar refractivity (Wildman–Crippen MR) is 56.0 cm³/mol. The molecule has 1 fully saturated rings. The summed E-state index contributed by atoms with van der Waals surface area (Å²) in [5.41, 5.74) is 5.45. The first kappa shape index (κ1) is 11.9. The molecule has 1 saturated carbocycles. The van der Waals surface area contributed by atoms with E-state index in [2.05, 4.69) is 9.44 Å². The molecule has 1 aliphatic carbocycles. The molecule has 1 atom stereocenters. The minimum absolute atomic E-state index is 0.112. The van der Waals surface area contributed by atoms with Gasteiger partial charge in [0.05, 0.1) is 0 Å². The summed E-state index contributed by atoms with van der Waals surface area (Å²) in [7, 11) is -3.34. The van der Waals surface area contributed by atoms with Gasteiger partial charge in [0.2, 0.25) is 0 Å². The minimum Gasteiger partial charge on any atom is -0.327 e. The van der Waals surface area contributed by atoms with Crippen LogP contribution in [0.3, 0.4) is 0 Å². The van der Waals surface area contributed by atoms with E-state index in [1.165, 1.54) is 0 Å². The number of hydrogen-bond acceptors (Lipinski definition) is 3. The Labute approximate surface area is 85.6 Å². The topological polar surface area (TPSA) is 84.2 Å². The third-order valence-electron chi connectivity index (χ3n) is 2.27. The van der Waals surface area contributed by atoms with Crippen molar-refractivity contribution in [1.29, 1.82) is 0 Å². The second-order valence-electron chi connectivity index (χ2n) is 3.93. The lowest BCUT2D eigenvalue weighted by atomic mass is 10.3. The van der Waals surface area contributed by atoms with E-state index in [4.69, 9.17) is 5.73 Å². The third kappa shape index (κ3) is 4.36. The molecule has 0 aromatic carbocycles. The molecule has 0 heterocycles. The molecule has 0 bridgehead atoms. The molecule has 0 aromatic rings. The van der Waals surface area contributed by atoms with Gasteiger partial charge in [-0.25, -0.2) is 4.72 Å². The Morgan fingerprint density at radius 2 is 2.00 bits per heavy atom. The molecule has 14 heavy (non-hydrogen) atoms. The maximum absolute atomic E-state index is 11.4. The summed E-state index contributed by atoms with van der Waals surface area (Å²) in [5.74, 6) is 0. The normalized spacial score (nSPS) is 21.3. The molecule has 5 nitrogen and oxygen atoms in total. The second kappa shape index (κ2) is 5.06. The Bertz CT molecular complexity index is 258. The molecule has 0 saturated heterocycles. The van der Waals surface area contributed by atoms with Crippen molar-refractivity contribution in [3.05, 3.63) is 0 Å². The highest BCUT2D eigenvalue weighted by Gasteiger charge is 2.20. The molecule has 1 rings (SSSR count). The average Bonchev–Trinajstić information content (AvgIpc) is 2.53. The lowest BCUT2D eigenvalue weighted by molar-refractivity contribution is 0.534. The van der Waals surface area contributed by atoms with Crippen molar-refractivity contribution in [2.45, 2.75) is 44.7 Å². The zero-order valence-electron chi connectivity index (χ0n) is 8.49. The molecule has 0 radical (unpaired) electrons. The zero-order valence-corrected chi connectivity index (χ0v) is 9.31. The maximum Gasteiger partial charge on any atom is 0.277 e. The summed E-state index contributed by atoms with van der Waals surface area (Å²) in [4.78, 5) is 0. The van der Waals surface area contributed by atoms with Crippen LogP contribution in [0.4, 0.5) is 0 Å². The number of rotatable bonds is 5. The van der Waals surface area contributed by atoms with E-state index in [9.17, 15) is 8.42 Å². The van der Waals surface area contributed by atoms with Gasteiger partial charge in [0.25, 0.3) is 10.2 Å². The molecular formula is C8H19N3O2S. The Morgan fingerprint density at radius 3 is 2.50 bits per heavy atom. The molecular weight excluding hydrogens is 202 g/mol. The van der Waals surface area contributed by atoms with E-state index in [0.717, 1.165) is 25.7 Å². The van der Waals surface area contributed by atoms with Crippen LogP contribution < -0.4 is 15.2 Å². The van der Waals surface area contributed by atoms with Crippen molar-refractivity contribution in [3.63, 3.8) is 0 Å². The van der Waals surface area contributed by atoms with Crippen LogP contribution in [0, 0.1) is 0 Å². The van der Waals surface area contributed by atoms with Crippen LogP contribution in [-0.2, 0) is 10.2 Å². The molecule has 1 aliphatic rings. The van der Waals surface area contributed by atoms with E-state index in [1.807, 2.05) is 0 Å². The molecule has 0 aromatic heterocycles. The first-order valence-corrected chi connectivity index (χ1v) is 6.50. The smallest absolute Gasteiger partial charge is 0.277 e. The summed E-state index contributed by atoms with van der Waals surface area (Å²) < 4.78 is 27.9. The van der Waals surface area contributed by atoms with Gasteiger partial charge >= 0.3 is 0 Å². The van der Waals surface area contributed by atoms with Gasteiger partial charge in [-0.3, -0.25) is 0 Å². The van der Waals surface area contributed by atoms with Gasteiger partial charge in [-0.05, 0) is 19.8 Å². The Balaban J connectivity index is 2.33. The lowest BCUT2D eigenvalue weighted by Gasteiger charge is -2.14. The SMILES string of the molecule is CC(N)CNS(=O)(=O)NC1CCCC1. The summed E-state index contributed by atoms with van der Waals surface area (Å²) in [5, 5.41) is 0. The van der Waals surface area contributed by atoms with Crippen LogP contribution in [0.1, 0.15) is 32.6 Å². The average molecular weight is 221 g/mol. The van der Waals surface area contributed by atoms with Gasteiger partial charge in [-0.15, -0.1) is 0 Å². The van der Waals surface area contributed by atoms with Crippen LogP contribution in [0.5, 0.6) is 0 Å². The van der Waals surface area contributed by atoms with Crippen molar-refractivity contribution in [2.75, 3.05) is 6.54 Å². The standard InChI is InChI=1S/C8H19N3O2S/c1-7(9)6-10-14(12,13)11-8-4-2-3-5-8/h7-8,10-11H,2-6,9H2,1H3. The monoisotopic (exact) mass is 221 g/mol. The molecule has 0 amide bonds. The number of nitrogens with two attached hydrogens (primary N) is 1. The van der Waals surface area contributed by atoms with Crippen molar-refractivity contribution in [2.24, 2.45) is 5.73 Å². The quantitative estimate of drug-likeness (QED) is 0.596.